The molecule has 0 atom stereocenters. The van der Waals surface area contributed by atoms with Crippen molar-refractivity contribution in [2.75, 3.05) is 10.6 Å². The fourth-order valence-corrected chi connectivity index (χ4v) is 2.28. The molecular formula is C19H19N5O. The summed E-state index contributed by atoms with van der Waals surface area (Å²) < 4.78 is 0. The number of nitrogens with zero attached hydrogens (tertiary/aromatic N) is 3. The van der Waals surface area contributed by atoms with E-state index >= 15 is 0 Å². The van der Waals surface area contributed by atoms with Gasteiger partial charge in [0.1, 0.15) is 5.69 Å². The SMILES string of the molecule is Cc1ccc(NC(=O)c2cc(C)nc(NCc3cccnc3)n2)cc1. The van der Waals surface area contributed by atoms with Crippen molar-refractivity contribution in [2.24, 2.45) is 0 Å². The van der Waals surface area contributed by atoms with Crippen molar-refractivity contribution < 1.29 is 4.79 Å². The quantitative estimate of drug-likeness (QED) is 0.748. The summed E-state index contributed by atoms with van der Waals surface area (Å²) in [5.41, 5.74) is 3.92. The number of anilines is 2. The van der Waals surface area contributed by atoms with Gasteiger partial charge in [-0.2, -0.15) is 0 Å². The molecule has 0 spiro atoms. The van der Waals surface area contributed by atoms with Crippen LogP contribution in [0.3, 0.4) is 0 Å². The van der Waals surface area contributed by atoms with Crippen LogP contribution in [0.2, 0.25) is 0 Å². The highest BCUT2D eigenvalue weighted by Crippen LogP contribution is 2.12. The minimum atomic E-state index is -0.265. The van der Waals surface area contributed by atoms with Crippen molar-refractivity contribution in [1.82, 2.24) is 15.0 Å². The highest BCUT2D eigenvalue weighted by atomic mass is 16.1. The molecule has 0 saturated heterocycles. The van der Waals surface area contributed by atoms with E-state index in [1.807, 2.05) is 50.2 Å². The van der Waals surface area contributed by atoms with Crippen molar-refractivity contribution in [3.63, 3.8) is 0 Å². The zero-order valence-corrected chi connectivity index (χ0v) is 14.2. The van der Waals surface area contributed by atoms with Crippen LogP contribution in [0, 0.1) is 13.8 Å². The molecule has 0 fully saturated rings. The number of carbonyl (C=O) groups excluding carboxylic acids is 1. The molecule has 3 aromatic rings. The first-order valence-corrected chi connectivity index (χ1v) is 7.96. The van der Waals surface area contributed by atoms with Crippen molar-refractivity contribution in [1.29, 1.82) is 0 Å². The van der Waals surface area contributed by atoms with Gasteiger partial charge in [-0.05, 0) is 43.7 Å². The Morgan fingerprint density at radius 3 is 2.60 bits per heavy atom. The van der Waals surface area contributed by atoms with E-state index in [2.05, 4.69) is 25.6 Å². The van der Waals surface area contributed by atoms with Crippen LogP contribution < -0.4 is 10.6 Å². The highest BCUT2D eigenvalue weighted by molar-refractivity contribution is 6.03. The Morgan fingerprint density at radius 2 is 1.88 bits per heavy atom. The van der Waals surface area contributed by atoms with Crippen LogP contribution in [-0.2, 0) is 6.54 Å². The second-order valence-electron chi connectivity index (χ2n) is 5.75. The van der Waals surface area contributed by atoms with E-state index in [0.29, 0.717) is 18.2 Å². The average Bonchev–Trinajstić information content (AvgIpc) is 2.62. The third-order valence-corrected chi connectivity index (χ3v) is 3.57. The molecule has 0 aliphatic heterocycles. The number of pyridine rings is 1. The van der Waals surface area contributed by atoms with Gasteiger partial charge < -0.3 is 10.6 Å². The fraction of sp³-hybridized carbons (Fsp3) is 0.158. The third-order valence-electron chi connectivity index (χ3n) is 3.57. The first-order valence-electron chi connectivity index (χ1n) is 7.96. The minimum absolute atomic E-state index is 0.265. The molecule has 0 saturated carbocycles. The lowest BCUT2D eigenvalue weighted by Crippen LogP contribution is -2.16. The number of carbonyl (C=O) groups is 1. The molecule has 1 amide bonds. The Kier molecular flexibility index (Phi) is 4.99. The first kappa shape index (κ1) is 16.6. The average molecular weight is 333 g/mol. The van der Waals surface area contributed by atoms with E-state index in [0.717, 1.165) is 22.5 Å². The van der Waals surface area contributed by atoms with Crippen LogP contribution in [0.1, 0.15) is 27.3 Å². The molecule has 0 unspecified atom stereocenters. The summed E-state index contributed by atoms with van der Waals surface area (Å²) in [7, 11) is 0. The highest BCUT2D eigenvalue weighted by Gasteiger charge is 2.11. The van der Waals surface area contributed by atoms with Crippen LogP contribution in [0.4, 0.5) is 11.6 Å². The number of rotatable bonds is 5. The Morgan fingerprint density at radius 1 is 1.08 bits per heavy atom. The number of nitrogens with one attached hydrogen (secondary N) is 2. The largest absolute Gasteiger partial charge is 0.350 e. The van der Waals surface area contributed by atoms with E-state index in [9.17, 15) is 4.79 Å². The molecule has 0 aliphatic rings. The monoisotopic (exact) mass is 333 g/mol. The summed E-state index contributed by atoms with van der Waals surface area (Å²) in [4.78, 5) is 25.1. The van der Waals surface area contributed by atoms with Crippen molar-refractivity contribution in [3.8, 4) is 0 Å². The van der Waals surface area contributed by atoms with Crippen molar-refractivity contribution >= 4 is 17.5 Å². The maximum atomic E-state index is 12.4. The molecule has 2 aromatic heterocycles. The fourth-order valence-electron chi connectivity index (χ4n) is 2.28. The smallest absolute Gasteiger partial charge is 0.274 e. The molecule has 0 aliphatic carbocycles. The third kappa shape index (κ3) is 4.60. The van der Waals surface area contributed by atoms with Crippen molar-refractivity contribution in [3.05, 3.63) is 77.4 Å². The number of aromatic nitrogens is 3. The molecule has 25 heavy (non-hydrogen) atoms. The number of hydrogen-bond acceptors (Lipinski definition) is 5. The van der Waals surface area contributed by atoms with Gasteiger partial charge in [-0.25, -0.2) is 9.97 Å². The standard InChI is InChI=1S/C19H19N5O/c1-13-5-7-16(8-6-13)23-18(25)17-10-14(2)22-19(24-17)21-12-15-4-3-9-20-11-15/h3-11H,12H2,1-2H3,(H,23,25)(H,21,22,24). The van der Waals surface area contributed by atoms with Crippen LogP contribution in [0.25, 0.3) is 0 Å². The lowest BCUT2D eigenvalue weighted by Gasteiger charge is -2.09. The molecule has 126 valence electrons. The molecular weight excluding hydrogens is 314 g/mol. The summed E-state index contributed by atoms with van der Waals surface area (Å²) in [6.45, 7) is 4.37. The Balaban J connectivity index is 1.72. The summed E-state index contributed by atoms with van der Waals surface area (Å²) >= 11 is 0. The van der Waals surface area contributed by atoms with Gasteiger partial charge in [-0.3, -0.25) is 9.78 Å². The van der Waals surface area contributed by atoms with Gasteiger partial charge in [0.25, 0.3) is 5.91 Å². The van der Waals surface area contributed by atoms with Gasteiger partial charge in [0.2, 0.25) is 5.95 Å². The van der Waals surface area contributed by atoms with E-state index < -0.39 is 0 Å². The van der Waals surface area contributed by atoms with E-state index in [-0.39, 0.29) is 5.91 Å². The molecule has 6 heteroatoms. The topological polar surface area (TPSA) is 79.8 Å². The van der Waals surface area contributed by atoms with Crippen LogP contribution >= 0.6 is 0 Å². The second kappa shape index (κ2) is 7.53. The summed E-state index contributed by atoms with van der Waals surface area (Å²) in [6, 6.07) is 13.1. The molecule has 3 rings (SSSR count). The van der Waals surface area contributed by atoms with Gasteiger partial charge >= 0.3 is 0 Å². The van der Waals surface area contributed by atoms with Gasteiger partial charge in [-0.1, -0.05) is 23.8 Å². The Hall–Kier alpha value is -3.28. The minimum Gasteiger partial charge on any atom is -0.350 e. The molecule has 6 nitrogen and oxygen atoms in total. The number of hydrogen-bond donors (Lipinski definition) is 2. The zero-order valence-electron chi connectivity index (χ0n) is 14.2. The lowest BCUT2D eigenvalue weighted by molar-refractivity contribution is 0.102. The number of aryl methyl sites for hydroxylation is 2. The Labute approximate surface area is 146 Å². The van der Waals surface area contributed by atoms with Gasteiger partial charge in [0, 0.05) is 30.3 Å². The molecule has 2 N–H and O–H groups in total. The molecule has 0 radical (unpaired) electrons. The molecule has 1 aromatic carbocycles. The summed E-state index contributed by atoms with van der Waals surface area (Å²) in [6.07, 6.45) is 3.49. The maximum Gasteiger partial charge on any atom is 0.274 e. The first-order chi connectivity index (χ1) is 12.1. The predicted molar refractivity (Wildman–Crippen MR) is 97.5 cm³/mol. The molecule has 2 heterocycles. The van der Waals surface area contributed by atoms with Crippen LogP contribution in [0.5, 0.6) is 0 Å². The van der Waals surface area contributed by atoms with E-state index in [1.54, 1.807) is 18.5 Å². The number of benzene rings is 1. The summed E-state index contributed by atoms with van der Waals surface area (Å²) in [5, 5.41) is 5.97. The van der Waals surface area contributed by atoms with Gasteiger partial charge in [0.05, 0.1) is 0 Å². The van der Waals surface area contributed by atoms with Gasteiger partial charge in [0.15, 0.2) is 0 Å². The lowest BCUT2D eigenvalue weighted by atomic mass is 10.2. The van der Waals surface area contributed by atoms with E-state index in [1.165, 1.54) is 0 Å². The van der Waals surface area contributed by atoms with Crippen LogP contribution in [-0.4, -0.2) is 20.9 Å². The maximum absolute atomic E-state index is 12.4. The van der Waals surface area contributed by atoms with Gasteiger partial charge in [-0.15, -0.1) is 0 Å². The second-order valence-corrected chi connectivity index (χ2v) is 5.75. The number of amides is 1. The van der Waals surface area contributed by atoms with Crippen molar-refractivity contribution in [2.45, 2.75) is 20.4 Å². The predicted octanol–water partition coefficient (Wildman–Crippen LogP) is 3.35. The normalized spacial score (nSPS) is 10.3. The summed E-state index contributed by atoms with van der Waals surface area (Å²) in [5.74, 6) is 0.150. The Bertz CT molecular complexity index is 863. The van der Waals surface area contributed by atoms with Crippen LogP contribution in [0.15, 0.2) is 54.9 Å². The zero-order chi connectivity index (χ0) is 17.6. The molecule has 0 bridgehead atoms. The van der Waals surface area contributed by atoms with E-state index in [4.69, 9.17) is 0 Å².